The van der Waals surface area contributed by atoms with Crippen molar-refractivity contribution in [1.82, 2.24) is 0 Å². The summed E-state index contributed by atoms with van der Waals surface area (Å²) in [6.07, 6.45) is 0. The van der Waals surface area contributed by atoms with Crippen LogP contribution >= 0.6 is 0 Å². The highest BCUT2D eigenvalue weighted by molar-refractivity contribution is 6.27. The molecule has 0 aromatic heterocycles. The van der Waals surface area contributed by atoms with Crippen molar-refractivity contribution in [1.29, 1.82) is 0 Å². The van der Waals surface area contributed by atoms with E-state index in [2.05, 4.69) is 274 Å². The molecule has 76 heavy (non-hydrogen) atoms. The van der Waals surface area contributed by atoms with Crippen molar-refractivity contribution >= 4 is 86.2 Å². The lowest BCUT2D eigenvalue weighted by Crippen LogP contribution is -1.95. The van der Waals surface area contributed by atoms with Crippen LogP contribution in [0.5, 0.6) is 0 Å². The molecule has 0 amide bonds. The average Bonchev–Trinajstić information content (AvgIpc) is 3.54. The molecule has 0 saturated carbocycles. The molecule has 0 heterocycles. The van der Waals surface area contributed by atoms with Crippen LogP contribution in [0.25, 0.3) is 131 Å². The summed E-state index contributed by atoms with van der Waals surface area (Å²) in [7, 11) is 0. The molecule has 0 aliphatic heterocycles. The Morgan fingerprint density at radius 2 is 0.316 bits per heavy atom. The first-order valence-electron chi connectivity index (χ1n) is 26.9. The van der Waals surface area contributed by atoms with Crippen LogP contribution in [0.1, 0.15) is 44.5 Å². The highest BCUT2D eigenvalue weighted by Crippen LogP contribution is 2.50. The molecule has 0 spiro atoms. The van der Waals surface area contributed by atoms with Gasteiger partial charge in [-0.15, -0.1) is 0 Å². The van der Waals surface area contributed by atoms with Crippen molar-refractivity contribution in [3.63, 3.8) is 0 Å². The molecule has 14 rings (SSSR count). The fourth-order valence-corrected chi connectivity index (χ4v) is 12.4. The monoisotopic (exact) mass is 972 g/mol. The second-order valence-electron chi connectivity index (χ2n) is 21.5. The van der Waals surface area contributed by atoms with Gasteiger partial charge in [-0.1, -0.05) is 218 Å². The maximum atomic E-state index is 2.42. The number of rotatable bonds is 4. The third kappa shape index (κ3) is 7.66. The zero-order valence-corrected chi connectivity index (χ0v) is 44.8. The minimum Gasteiger partial charge on any atom is -0.0616 e. The number of hydrogen-bond acceptors (Lipinski definition) is 0. The van der Waals surface area contributed by atoms with E-state index in [0.29, 0.717) is 0 Å². The van der Waals surface area contributed by atoms with Crippen molar-refractivity contribution in [2.45, 2.75) is 55.4 Å². The lowest BCUT2D eigenvalue weighted by atomic mass is 9.81. The third-order valence-corrected chi connectivity index (χ3v) is 16.9. The molecule has 364 valence electrons. The minimum absolute atomic E-state index is 1.28. The lowest BCUT2D eigenvalue weighted by molar-refractivity contribution is 1.36. The predicted octanol–water partition coefficient (Wildman–Crippen LogP) is 21.7. The van der Waals surface area contributed by atoms with E-state index in [9.17, 15) is 0 Å². The summed E-state index contributed by atoms with van der Waals surface area (Å²) in [6.45, 7) is 17.9. The average molecular weight is 973 g/mol. The molecule has 0 fully saturated rings. The first-order valence-corrected chi connectivity index (χ1v) is 26.9. The first-order chi connectivity index (χ1) is 37.0. The van der Waals surface area contributed by atoms with Crippen LogP contribution in [0, 0.1) is 55.4 Å². The molecule has 0 nitrogen and oxygen atoms in total. The molecule has 0 aliphatic carbocycles. The van der Waals surface area contributed by atoms with Gasteiger partial charge in [0.05, 0.1) is 0 Å². The fourth-order valence-electron chi connectivity index (χ4n) is 12.4. The largest absolute Gasteiger partial charge is 0.0616 e. The van der Waals surface area contributed by atoms with Gasteiger partial charge in [0.2, 0.25) is 0 Å². The van der Waals surface area contributed by atoms with Crippen molar-refractivity contribution in [3.8, 4) is 44.5 Å². The molecular weight excluding hydrogens is 913 g/mol. The Hall–Kier alpha value is -8.84. The maximum Gasteiger partial charge on any atom is -0.00199 e. The van der Waals surface area contributed by atoms with Gasteiger partial charge in [-0.05, 0) is 231 Å². The molecule has 0 bridgehead atoms. The van der Waals surface area contributed by atoms with E-state index in [1.165, 1.54) is 175 Å². The zero-order chi connectivity index (χ0) is 51.9. The highest BCUT2D eigenvalue weighted by Gasteiger charge is 2.23. The topological polar surface area (TPSA) is 0 Å². The Morgan fingerprint density at radius 1 is 0.158 bits per heavy atom. The molecule has 0 N–H and O–H groups in total. The summed E-state index contributed by atoms with van der Waals surface area (Å²) in [5.74, 6) is 0. The minimum atomic E-state index is 1.28. The molecule has 0 heteroatoms. The molecule has 14 aromatic carbocycles. The number of hydrogen-bond donors (Lipinski definition) is 0. The van der Waals surface area contributed by atoms with Gasteiger partial charge in [-0.3, -0.25) is 0 Å². The van der Waals surface area contributed by atoms with Crippen molar-refractivity contribution in [2.75, 3.05) is 0 Å². The molecule has 14 aromatic rings. The normalized spacial score (nSPS) is 11.7. The van der Waals surface area contributed by atoms with Crippen molar-refractivity contribution in [3.05, 3.63) is 263 Å². The molecule has 0 unspecified atom stereocenters. The lowest BCUT2D eigenvalue weighted by Gasteiger charge is -2.22. The van der Waals surface area contributed by atoms with Gasteiger partial charge in [-0.25, -0.2) is 0 Å². The van der Waals surface area contributed by atoms with E-state index < -0.39 is 0 Å². The predicted molar refractivity (Wildman–Crippen MR) is 333 cm³/mol. The van der Waals surface area contributed by atoms with Crippen LogP contribution in [0.4, 0.5) is 0 Å². The van der Waals surface area contributed by atoms with E-state index in [4.69, 9.17) is 0 Å². The third-order valence-electron chi connectivity index (χ3n) is 16.9. The summed E-state index contributed by atoms with van der Waals surface area (Å²) in [6, 6.07) is 81.4. The maximum absolute atomic E-state index is 2.42. The van der Waals surface area contributed by atoms with Gasteiger partial charge in [0, 0.05) is 0 Å². The van der Waals surface area contributed by atoms with Crippen LogP contribution in [0.2, 0.25) is 0 Å². The summed E-state index contributed by atoms with van der Waals surface area (Å²) in [4.78, 5) is 0. The first kappa shape index (κ1) is 46.9. The van der Waals surface area contributed by atoms with Crippen LogP contribution in [-0.4, -0.2) is 0 Å². The SMILES string of the molecule is Cc1cc2c(-c3cccc4ccccc34)c3cc(C)c(C)cc3c(-c3cccc4ccccc34)c2cc1C.Cc1cc2c(-c3cccc4ccccc34)c3cc(C)c(C)cc3c(-c3cccc4ccccc34)c2cc1C. The van der Waals surface area contributed by atoms with Crippen molar-refractivity contribution < 1.29 is 0 Å². The van der Waals surface area contributed by atoms with E-state index >= 15 is 0 Å². The Morgan fingerprint density at radius 3 is 0.500 bits per heavy atom. The van der Waals surface area contributed by atoms with Gasteiger partial charge in [0.15, 0.2) is 0 Å². The van der Waals surface area contributed by atoms with E-state index in [1.807, 2.05) is 0 Å². The van der Waals surface area contributed by atoms with Crippen LogP contribution in [-0.2, 0) is 0 Å². The molecule has 0 saturated heterocycles. The summed E-state index contributed by atoms with van der Waals surface area (Å²) >= 11 is 0. The smallest absolute Gasteiger partial charge is 0.00199 e. The van der Waals surface area contributed by atoms with Crippen LogP contribution in [0.15, 0.2) is 218 Å². The van der Waals surface area contributed by atoms with Crippen molar-refractivity contribution in [2.24, 2.45) is 0 Å². The Bertz CT molecular complexity index is 3960. The van der Waals surface area contributed by atoms with E-state index in [0.717, 1.165) is 0 Å². The molecule has 0 atom stereocenters. The second kappa shape index (κ2) is 18.5. The Labute approximate surface area is 446 Å². The Balaban J connectivity index is 0.000000146. The van der Waals surface area contributed by atoms with Gasteiger partial charge in [-0.2, -0.15) is 0 Å². The number of benzene rings is 14. The molecule has 0 aliphatic rings. The summed E-state index contributed by atoms with van der Waals surface area (Å²) < 4.78 is 0. The number of fused-ring (bicyclic) bond motifs is 8. The standard InChI is InChI=1S/2C38H30/c2*1-23-19-33-34(20-24(23)2)38(32-18-10-14-28-12-6-8-16-30(28)32)36-22-26(4)25(3)21-35(36)37(33)31-17-9-13-27-11-5-7-15-29(27)31/h2*5-22H,1-4H3. The second-order valence-corrected chi connectivity index (χ2v) is 21.5. The van der Waals surface area contributed by atoms with Gasteiger partial charge >= 0.3 is 0 Å². The Kier molecular flexibility index (Phi) is 11.4. The van der Waals surface area contributed by atoms with E-state index in [-0.39, 0.29) is 0 Å². The van der Waals surface area contributed by atoms with E-state index in [1.54, 1.807) is 0 Å². The van der Waals surface area contributed by atoms with Gasteiger partial charge in [0.25, 0.3) is 0 Å². The van der Waals surface area contributed by atoms with Crippen LogP contribution < -0.4 is 0 Å². The molecule has 0 radical (unpaired) electrons. The summed E-state index contributed by atoms with van der Waals surface area (Å²) in [5.41, 5.74) is 21.1. The zero-order valence-electron chi connectivity index (χ0n) is 44.8. The van der Waals surface area contributed by atoms with Gasteiger partial charge in [0.1, 0.15) is 0 Å². The van der Waals surface area contributed by atoms with Crippen LogP contribution in [0.3, 0.4) is 0 Å². The molecular formula is C76H60. The highest BCUT2D eigenvalue weighted by atomic mass is 14.3. The summed E-state index contributed by atoms with van der Waals surface area (Å²) in [5, 5.41) is 20.9. The quantitative estimate of drug-likeness (QED) is 0.154. The van der Waals surface area contributed by atoms with Gasteiger partial charge < -0.3 is 0 Å². The number of aryl methyl sites for hydroxylation is 8. The fraction of sp³-hybridized carbons (Fsp3) is 0.105.